The number of likely N-dealkylation sites (N-methyl/N-ethyl adjacent to an activating group) is 1. The van der Waals surface area contributed by atoms with Crippen LogP contribution in [0.25, 0.3) is 0 Å². The van der Waals surface area contributed by atoms with Gasteiger partial charge in [-0.15, -0.1) is 0 Å². The van der Waals surface area contributed by atoms with Gasteiger partial charge in [0.15, 0.2) is 0 Å². The van der Waals surface area contributed by atoms with E-state index < -0.39 is 6.04 Å². The molecule has 0 saturated carbocycles. The lowest BCUT2D eigenvalue weighted by Crippen LogP contribution is -2.57. The van der Waals surface area contributed by atoms with E-state index in [2.05, 4.69) is 76.7 Å². The number of hydrogen-bond donors (Lipinski definition) is 2. The number of carbonyl (C=O) groups excluding carboxylic acids is 2. The molecule has 44 heavy (non-hydrogen) atoms. The summed E-state index contributed by atoms with van der Waals surface area (Å²) in [5.41, 5.74) is 4.85. The SMILES string of the molecule is CCN(CC)CC(c1ccccc1)N1CCN(C(=O)[C@@H](Cc2ccc(Cl)cc2)NC(=O)C[C@H]2Cc3ccccc3CN2)CC1. The first kappa shape index (κ1) is 32.2. The Balaban J connectivity index is 1.24. The van der Waals surface area contributed by atoms with Crippen LogP contribution in [-0.2, 0) is 29.0 Å². The maximum absolute atomic E-state index is 14.0. The van der Waals surface area contributed by atoms with E-state index in [1.807, 2.05) is 41.3 Å². The van der Waals surface area contributed by atoms with Gasteiger partial charge in [0.25, 0.3) is 0 Å². The topological polar surface area (TPSA) is 67.9 Å². The summed E-state index contributed by atoms with van der Waals surface area (Å²) in [5, 5.41) is 7.28. The summed E-state index contributed by atoms with van der Waals surface area (Å²) in [4.78, 5) is 34.3. The fourth-order valence-electron chi connectivity index (χ4n) is 6.51. The zero-order valence-corrected chi connectivity index (χ0v) is 26.8. The highest BCUT2D eigenvalue weighted by Crippen LogP contribution is 2.24. The van der Waals surface area contributed by atoms with Crippen molar-refractivity contribution in [3.8, 4) is 0 Å². The maximum atomic E-state index is 14.0. The number of nitrogens with zero attached hydrogens (tertiary/aromatic N) is 3. The fourth-order valence-corrected chi connectivity index (χ4v) is 6.63. The van der Waals surface area contributed by atoms with Crippen LogP contribution in [0, 0.1) is 0 Å². The van der Waals surface area contributed by atoms with Crippen molar-refractivity contribution in [2.24, 2.45) is 0 Å². The Kier molecular flexibility index (Phi) is 11.5. The van der Waals surface area contributed by atoms with Crippen LogP contribution in [0.5, 0.6) is 0 Å². The third-order valence-corrected chi connectivity index (χ3v) is 9.41. The number of nitrogens with one attached hydrogen (secondary N) is 2. The number of carbonyl (C=O) groups is 2. The van der Waals surface area contributed by atoms with Gasteiger partial charge in [-0.3, -0.25) is 14.5 Å². The van der Waals surface area contributed by atoms with E-state index in [4.69, 9.17) is 11.6 Å². The Morgan fingerprint density at radius 3 is 2.25 bits per heavy atom. The summed E-state index contributed by atoms with van der Waals surface area (Å²) < 4.78 is 0. The van der Waals surface area contributed by atoms with E-state index in [0.29, 0.717) is 31.0 Å². The Morgan fingerprint density at radius 1 is 0.909 bits per heavy atom. The van der Waals surface area contributed by atoms with Gasteiger partial charge in [-0.05, 0) is 53.9 Å². The molecule has 1 unspecified atom stereocenters. The lowest BCUT2D eigenvalue weighted by molar-refractivity contribution is -0.138. The van der Waals surface area contributed by atoms with E-state index in [0.717, 1.165) is 51.3 Å². The number of amides is 2. The predicted octanol–water partition coefficient (Wildman–Crippen LogP) is 4.70. The predicted molar refractivity (Wildman–Crippen MR) is 178 cm³/mol. The van der Waals surface area contributed by atoms with Crippen molar-refractivity contribution in [1.29, 1.82) is 0 Å². The lowest BCUT2D eigenvalue weighted by atomic mass is 9.94. The Bertz CT molecular complexity index is 1360. The molecule has 234 valence electrons. The molecule has 2 amide bonds. The van der Waals surface area contributed by atoms with Gasteiger partial charge in [0.2, 0.25) is 11.8 Å². The highest BCUT2D eigenvalue weighted by atomic mass is 35.5. The number of fused-ring (bicyclic) bond motifs is 1. The molecule has 0 bridgehead atoms. The van der Waals surface area contributed by atoms with Crippen LogP contribution in [0.3, 0.4) is 0 Å². The molecule has 3 aromatic carbocycles. The second kappa shape index (κ2) is 15.7. The van der Waals surface area contributed by atoms with Crippen LogP contribution in [0.4, 0.5) is 0 Å². The first-order valence-electron chi connectivity index (χ1n) is 16.1. The molecule has 3 aromatic rings. The average Bonchev–Trinajstić information content (AvgIpc) is 3.06. The van der Waals surface area contributed by atoms with Crippen molar-refractivity contribution >= 4 is 23.4 Å². The smallest absolute Gasteiger partial charge is 0.245 e. The van der Waals surface area contributed by atoms with Gasteiger partial charge in [0.1, 0.15) is 6.04 Å². The van der Waals surface area contributed by atoms with Crippen LogP contribution < -0.4 is 10.6 Å². The van der Waals surface area contributed by atoms with Crippen LogP contribution in [-0.4, -0.2) is 84.4 Å². The zero-order valence-electron chi connectivity index (χ0n) is 26.1. The van der Waals surface area contributed by atoms with Gasteiger partial charge >= 0.3 is 0 Å². The highest BCUT2D eigenvalue weighted by molar-refractivity contribution is 6.30. The molecule has 2 aliphatic heterocycles. The van der Waals surface area contributed by atoms with Gasteiger partial charge in [-0.25, -0.2) is 0 Å². The molecule has 7 nitrogen and oxygen atoms in total. The third-order valence-electron chi connectivity index (χ3n) is 9.16. The third kappa shape index (κ3) is 8.48. The summed E-state index contributed by atoms with van der Waals surface area (Å²) in [6.45, 7) is 11.0. The van der Waals surface area contributed by atoms with Crippen molar-refractivity contribution in [2.75, 3.05) is 45.8 Å². The lowest BCUT2D eigenvalue weighted by Gasteiger charge is -2.42. The molecule has 2 aliphatic rings. The van der Waals surface area contributed by atoms with Crippen LogP contribution in [0.15, 0.2) is 78.9 Å². The molecule has 0 aliphatic carbocycles. The van der Waals surface area contributed by atoms with Gasteiger partial charge < -0.3 is 20.4 Å². The van der Waals surface area contributed by atoms with Gasteiger partial charge in [-0.2, -0.15) is 0 Å². The Morgan fingerprint density at radius 2 is 1.57 bits per heavy atom. The number of benzene rings is 3. The maximum Gasteiger partial charge on any atom is 0.245 e. The van der Waals surface area contributed by atoms with E-state index in [9.17, 15) is 9.59 Å². The van der Waals surface area contributed by atoms with Crippen molar-refractivity contribution in [2.45, 2.75) is 57.8 Å². The standard InChI is InChI=1S/C36H46ClN5O2/c1-3-40(4-2)26-34(28-10-6-5-7-11-28)41-18-20-42(21-19-41)36(44)33(22-27-14-16-31(37)17-15-27)39-35(43)24-32-23-29-12-8-9-13-30(29)25-38-32/h5-17,32-34,38H,3-4,18-26H2,1-2H3,(H,39,43)/t32-,33-,34?/m1/s1. The molecule has 2 heterocycles. The van der Waals surface area contributed by atoms with Gasteiger partial charge in [-0.1, -0.05) is 92.2 Å². The molecular formula is C36H46ClN5O2. The molecule has 3 atom stereocenters. The molecule has 1 saturated heterocycles. The Labute approximate surface area is 267 Å². The van der Waals surface area contributed by atoms with Gasteiger partial charge in [0.05, 0.1) is 0 Å². The average molecular weight is 616 g/mol. The van der Waals surface area contributed by atoms with Gasteiger partial charge in [0, 0.05) is 69.2 Å². The second-order valence-electron chi connectivity index (χ2n) is 12.0. The van der Waals surface area contributed by atoms with E-state index in [1.54, 1.807) is 0 Å². The minimum atomic E-state index is -0.633. The van der Waals surface area contributed by atoms with Crippen LogP contribution >= 0.6 is 11.6 Å². The highest BCUT2D eigenvalue weighted by Gasteiger charge is 2.32. The van der Waals surface area contributed by atoms with Crippen molar-refractivity contribution in [3.05, 3.63) is 106 Å². The van der Waals surface area contributed by atoms with Crippen molar-refractivity contribution < 1.29 is 9.59 Å². The largest absolute Gasteiger partial charge is 0.344 e. The first-order chi connectivity index (χ1) is 21.4. The molecule has 0 spiro atoms. The van der Waals surface area contributed by atoms with Crippen LogP contribution in [0.1, 0.15) is 48.6 Å². The second-order valence-corrected chi connectivity index (χ2v) is 12.4. The van der Waals surface area contributed by atoms with Crippen molar-refractivity contribution in [3.63, 3.8) is 0 Å². The van der Waals surface area contributed by atoms with E-state index >= 15 is 0 Å². The number of rotatable bonds is 12. The quantitative estimate of drug-likeness (QED) is 0.309. The first-order valence-corrected chi connectivity index (χ1v) is 16.4. The van der Waals surface area contributed by atoms with E-state index in [1.165, 1.54) is 16.7 Å². The summed E-state index contributed by atoms with van der Waals surface area (Å²) in [6.07, 6.45) is 1.56. The number of hydrogen-bond acceptors (Lipinski definition) is 5. The summed E-state index contributed by atoms with van der Waals surface area (Å²) >= 11 is 6.14. The summed E-state index contributed by atoms with van der Waals surface area (Å²) in [6, 6.07) is 26.3. The molecular weight excluding hydrogens is 570 g/mol. The van der Waals surface area contributed by atoms with Crippen LogP contribution in [0.2, 0.25) is 5.02 Å². The zero-order chi connectivity index (χ0) is 30.9. The summed E-state index contributed by atoms with van der Waals surface area (Å²) in [7, 11) is 0. The summed E-state index contributed by atoms with van der Waals surface area (Å²) in [5.74, 6) is -0.119. The monoisotopic (exact) mass is 615 g/mol. The van der Waals surface area contributed by atoms with Crippen molar-refractivity contribution in [1.82, 2.24) is 25.3 Å². The fraction of sp³-hybridized carbons (Fsp3) is 0.444. The minimum Gasteiger partial charge on any atom is -0.344 e. The Hall–Kier alpha value is -3.23. The minimum absolute atomic E-state index is 0.0186. The number of halogens is 1. The molecule has 0 aromatic heterocycles. The molecule has 0 radical (unpaired) electrons. The molecule has 5 rings (SSSR count). The number of piperazine rings is 1. The molecule has 1 fully saturated rings. The molecule has 2 N–H and O–H groups in total. The molecule has 8 heteroatoms. The normalized spacial score (nSPS) is 18.5. The van der Waals surface area contributed by atoms with E-state index in [-0.39, 0.29) is 23.9 Å².